The van der Waals surface area contributed by atoms with E-state index >= 15 is 0 Å². The van der Waals surface area contributed by atoms with Gasteiger partial charge in [0, 0.05) is 6.08 Å². The Kier molecular flexibility index (Phi) is 11.0. The van der Waals surface area contributed by atoms with Crippen molar-refractivity contribution in [1.29, 1.82) is 0 Å². The lowest BCUT2D eigenvalue weighted by Gasteiger charge is -2.45. The molecule has 0 aromatic heterocycles. The fourth-order valence-corrected chi connectivity index (χ4v) is 4.66. The summed E-state index contributed by atoms with van der Waals surface area (Å²) in [4.78, 5) is 12.4. The standard InChI is InChI=1S/C29H36O15/c1-13-22(35)24(37)25(38)29(42-13)44-27-23(36)20(12-41-21(34)7-4-14-2-5-16(30)18(32)10-14)43-28(26(27)39)40-9-8-15-3-6-17(31)19(33)11-15/h2-7,10-11,13,20,22-33,35-39H,8-9,12H2,1H3/b7-4+/t13-,20+,22-,23-,24+,25+,26+,27-,28+,29-/m0/s1. The van der Waals surface area contributed by atoms with Crippen molar-refractivity contribution in [2.24, 2.45) is 0 Å². The fraction of sp³-hybridized carbons (Fsp3) is 0.483. The molecule has 2 heterocycles. The normalized spacial score (nSPS) is 32.5. The SMILES string of the molecule is C[C@@H]1O[C@@H](O[C@H]2[C@@H](O)[C@@H](COC(=O)/C=C/c3ccc(O)c(O)c3)O[C@@H](OCCc3ccc(O)c(O)c3)[C@@H]2O)[C@H](O)[C@H](O)[C@H]1O. The fourth-order valence-electron chi connectivity index (χ4n) is 4.66. The maximum absolute atomic E-state index is 12.4. The van der Waals surface area contributed by atoms with Crippen LogP contribution < -0.4 is 0 Å². The molecule has 0 spiro atoms. The first-order valence-corrected chi connectivity index (χ1v) is 13.7. The molecule has 2 saturated heterocycles. The number of aliphatic hydroxyl groups excluding tert-OH is 5. The van der Waals surface area contributed by atoms with Crippen LogP contribution in [0.15, 0.2) is 42.5 Å². The maximum Gasteiger partial charge on any atom is 0.330 e. The third kappa shape index (κ3) is 7.95. The molecular formula is C29H36O15. The smallest absolute Gasteiger partial charge is 0.330 e. The average molecular weight is 625 g/mol. The van der Waals surface area contributed by atoms with Gasteiger partial charge in [-0.25, -0.2) is 4.79 Å². The quantitative estimate of drug-likeness (QED) is 0.0873. The van der Waals surface area contributed by atoms with Crippen LogP contribution in [-0.2, 0) is 34.9 Å². The number of carbonyl (C=O) groups is 1. The monoisotopic (exact) mass is 624 g/mol. The van der Waals surface area contributed by atoms with Crippen LogP contribution in [0, 0.1) is 0 Å². The second kappa shape index (κ2) is 14.5. The Morgan fingerprint density at radius 3 is 2.16 bits per heavy atom. The van der Waals surface area contributed by atoms with Crippen LogP contribution in [0.1, 0.15) is 18.1 Å². The van der Waals surface area contributed by atoms with Gasteiger partial charge in [-0.2, -0.15) is 0 Å². The van der Waals surface area contributed by atoms with Gasteiger partial charge in [0.05, 0.1) is 12.7 Å². The molecule has 0 amide bonds. The molecule has 2 aliphatic rings. The van der Waals surface area contributed by atoms with Gasteiger partial charge in [0.2, 0.25) is 0 Å². The minimum absolute atomic E-state index is 0.0754. The molecule has 0 radical (unpaired) electrons. The summed E-state index contributed by atoms with van der Waals surface area (Å²) in [6.45, 7) is 0.804. The summed E-state index contributed by atoms with van der Waals surface area (Å²) in [5.41, 5.74) is 0.962. The molecular weight excluding hydrogens is 588 g/mol. The van der Waals surface area contributed by atoms with Crippen LogP contribution in [-0.4, -0.2) is 127 Å². The number of hydrogen-bond acceptors (Lipinski definition) is 15. The van der Waals surface area contributed by atoms with Gasteiger partial charge in [-0.05, 0) is 54.8 Å². The maximum atomic E-state index is 12.4. The van der Waals surface area contributed by atoms with Gasteiger partial charge in [0.25, 0.3) is 0 Å². The van der Waals surface area contributed by atoms with Crippen LogP contribution in [0.4, 0.5) is 0 Å². The van der Waals surface area contributed by atoms with Crippen molar-refractivity contribution in [2.45, 2.75) is 74.8 Å². The molecule has 2 aromatic rings. The molecule has 2 aliphatic heterocycles. The Labute approximate surface area is 251 Å². The van der Waals surface area contributed by atoms with E-state index in [0.29, 0.717) is 11.1 Å². The predicted octanol–water partition coefficient (Wildman–Crippen LogP) is -1.02. The molecule has 15 heteroatoms. The van der Waals surface area contributed by atoms with E-state index in [0.717, 1.165) is 6.08 Å². The van der Waals surface area contributed by atoms with Crippen molar-refractivity contribution in [3.05, 3.63) is 53.6 Å². The van der Waals surface area contributed by atoms with Crippen LogP contribution in [0.3, 0.4) is 0 Å². The van der Waals surface area contributed by atoms with Crippen LogP contribution in [0.25, 0.3) is 6.08 Å². The highest BCUT2D eigenvalue weighted by Crippen LogP contribution is 2.31. The van der Waals surface area contributed by atoms with Crippen molar-refractivity contribution >= 4 is 12.0 Å². The van der Waals surface area contributed by atoms with E-state index in [1.54, 1.807) is 6.07 Å². The minimum atomic E-state index is -1.74. The summed E-state index contributed by atoms with van der Waals surface area (Å²) >= 11 is 0. The summed E-state index contributed by atoms with van der Waals surface area (Å²) in [5, 5.41) is 90.8. The molecule has 242 valence electrons. The largest absolute Gasteiger partial charge is 0.504 e. The molecule has 15 nitrogen and oxygen atoms in total. The van der Waals surface area contributed by atoms with Crippen LogP contribution >= 0.6 is 0 Å². The second-order valence-electron chi connectivity index (χ2n) is 10.5. The number of phenols is 4. The molecule has 0 unspecified atom stereocenters. The van der Waals surface area contributed by atoms with E-state index in [2.05, 4.69) is 0 Å². The Balaban J connectivity index is 1.44. The first-order chi connectivity index (χ1) is 20.8. The molecule has 44 heavy (non-hydrogen) atoms. The van der Waals surface area contributed by atoms with E-state index in [9.17, 15) is 50.8 Å². The lowest BCUT2D eigenvalue weighted by Crippen LogP contribution is -2.64. The number of carbonyl (C=O) groups excluding carboxylic acids is 1. The molecule has 2 fully saturated rings. The van der Waals surface area contributed by atoms with Crippen molar-refractivity contribution in [3.8, 4) is 23.0 Å². The molecule has 0 aliphatic carbocycles. The van der Waals surface area contributed by atoms with Crippen molar-refractivity contribution in [1.82, 2.24) is 0 Å². The summed E-state index contributed by atoms with van der Waals surface area (Å²) in [7, 11) is 0. The topological polar surface area (TPSA) is 245 Å². The van der Waals surface area contributed by atoms with Crippen molar-refractivity contribution in [3.63, 3.8) is 0 Å². The van der Waals surface area contributed by atoms with Crippen molar-refractivity contribution < 1.29 is 74.4 Å². The van der Waals surface area contributed by atoms with Crippen LogP contribution in [0.5, 0.6) is 23.0 Å². The molecule has 0 saturated carbocycles. The number of ether oxygens (including phenoxy) is 5. The highest BCUT2D eigenvalue weighted by molar-refractivity contribution is 5.87. The van der Waals surface area contributed by atoms with Crippen LogP contribution in [0.2, 0.25) is 0 Å². The first-order valence-electron chi connectivity index (χ1n) is 13.7. The molecule has 9 N–H and O–H groups in total. The van der Waals surface area contributed by atoms with Gasteiger partial charge in [-0.15, -0.1) is 0 Å². The summed E-state index contributed by atoms with van der Waals surface area (Å²) in [5.74, 6) is -2.23. The Morgan fingerprint density at radius 2 is 1.48 bits per heavy atom. The highest BCUT2D eigenvalue weighted by Gasteiger charge is 2.50. The van der Waals surface area contributed by atoms with Gasteiger partial charge in [0.1, 0.15) is 49.3 Å². The Bertz CT molecular complexity index is 1300. The van der Waals surface area contributed by atoms with E-state index in [-0.39, 0.29) is 36.0 Å². The summed E-state index contributed by atoms with van der Waals surface area (Å²) < 4.78 is 27.7. The zero-order valence-electron chi connectivity index (χ0n) is 23.5. The number of esters is 1. The highest BCUT2D eigenvalue weighted by atomic mass is 16.7. The van der Waals surface area contributed by atoms with Gasteiger partial charge in [-0.3, -0.25) is 0 Å². The van der Waals surface area contributed by atoms with E-state index < -0.39 is 74.0 Å². The van der Waals surface area contributed by atoms with Gasteiger partial charge in [-0.1, -0.05) is 12.1 Å². The summed E-state index contributed by atoms with van der Waals surface area (Å²) in [6.07, 6.45) is -12.5. The Morgan fingerprint density at radius 1 is 0.795 bits per heavy atom. The zero-order chi connectivity index (χ0) is 32.1. The lowest BCUT2D eigenvalue weighted by atomic mass is 9.97. The number of aromatic hydroxyl groups is 4. The molecule has 10 atom stereocenters. The second-order valence-corrected chi connectivity index (χ2v) is 10.5. The van der Waals surface area contributed by atoms with Crippen molar-refractivity contribution in [2.75, 3.05) is 13.2 Å². The number of benzene rings is 2. The van der Waals surface area contributed by atoms with E-state index in [1.807, 2.05) is 0 Å². The zero-order valence-corrected chi connectivity index (χ0v) is 23.5. The minimum Gasteiger partial charge on any atom is -0.504 e. The predicted molar refractivity (Wildman–Crippen MR) is 147 cm³/mol. The average Bonchev–Trinajstić information content (AvgIpc) is 2.99. The van der Waals surface area contributed by atoms with E-state index in [1.165, 1.54) is 43.3 Å². The van der Waals surface area contributed by atoms with Gasteiger partial charge >= 0.3 is 5.97 Å². The van der Waals surface area contributed by atoms with Gasteiger partial charge in [0.15, 0.2) is 35.6 Å². The molecule has 4 rings (SSSR count). The first kappa shape index (κ1) is 33.4. The molecule has 2 aromatic carbocycles. The van der Waals surface area contributed by atoms with E-state index in [4.69, 9.17) is 23.7 Å². The van der Waals surface area contributed by atoms with Gasteiger partial charge < -0.3 is 69.6 Å². The third-order valence-corrected chi connectivity index (χ3v) is 7.26. The number of hydrogen-bond donors (Lipinski definition) is 9. The lowest BCUT2D eigenvalue weighted by molar-refractivity contribution is -0.357. The number of aliphatic hydroxyl groups is 5. The summed E-state index contributed by atoms with van der Waals surface area (Å²) in [6, 6.07) is 8.05. The number of rotatable bonds is 10. The number of phenolic OH excluding ortho intramolecular Hbond substituents is 4. The Hall–Kier alpha value is -3.51. The molecule has 0 bridgehead atoms. The third-order valence-electron chi connectivity index (χ3n) is 7.26.